The first-order valence-corrected chi connectivity index (χ1v) is 5.20. The summed E-state index contributed by atoms with van der Waals surface area (Å²) in [6, 6.07) is 1.95. The zero-order valence-electron chi connectivity index (χ0n) is 9.32. The molecule has 0 spiro atoms. The van der Waals surface area contributed by atoms with Crippen LogP contribution in [0.25, 0.3) is 5.82 Å². The van der Waals surface area contributed by atoms with Crippen LogP contribution in [-0.2, 0) is 0 Å². The largest absolute Gasteiger partial charge is 0.394 e. The van der Waals surface area contributed by atoms with Crippen molar-refractivity contribution in [3.8, 4) is 5.82 Å². The van der Waals surface area contributed by atoms with Crippen molar-refractivity contribution in [2.45, 2.75) is 20.8 Å². The summed E-state index contributed by atoms with van der Waals surface area (Å²) in [5.74, 6) is 0.531. The number of nitrogen functional groups attached to an aromatic ring is 1. The maximum atomic E-state index is 5.92. The van der Waals surface area contributed by atoms with E-state index in [2.05, 4.69) is 15.1 Å². The summed E-state index contributed by atoms with van der Waals surface area (Å²) >= 11 is 5.81. The van der Waals surface area contributed by atoms with Crippen LogP contribution in [0.2, 0.25) is 5.28 Å². The van der Waals surface area contributed by atoms with E-state index in [9.17, 15) is 0 Å². The molecule has 2 N–H and O–H groups in total. The topological polar surface area (TPSA) is 69.6 Å². The second-order valence-electron chi connectivity index (χ2n) is 3.65. The fraction of sp³-hybridized carbons (Fsp3) is 0.300. The molecule has 6 heteroatoms. The minimum absolute atomic E-state index is 0.175. The molecule has 0 aliphatic heterocycles. The zero-order valence-corrected chi connectivity index (χ0v) is 10.1. The molecule has 84 valence electrons. The van der Waals surface area contributed by atoms with Crippen LogP contribution in [0.4, 0.5) is 5.69 Å². The Kier molecular flexibility index (Phi) is 2.55. The lowest BCUT2D eigenvalue weighted by Gasteiger charge is -2.08. The van der Waals surface area contributed by atoms with E-state index >= 15 is 0 Å². The van der Waals surface area contributed by atoms with E-state index in [1.807, 2.05) is 19.9 Å². The van der Waals surface area contributed by atoms with Crippen LogP contribution in [0.1, 0.15) is 17.1 Å². The average molecular weight is 238 g/mol. The van der Waals surface area contributed by atoms with Gasteiger partial charge in [0.2, 0.25) is 5.28 Å². The van der Waals surface area contributed by atoms with Gasteiger partial charge in [0.25, 0.3) is 0 Å². The molecule has 0 aliphatic rings. The molecule has 2 aromatic rings. The number of rotatable bonds is 1. The first kappa shape index (κ1) is 10.9. The number of anilines is 1. The molecule has 0 aliphatic carbocycles. The Balaban J connectivity index is 2.68. The smallest absolute Gasteiger partial charge is 0.224 e. The fourth-order valence-corrected chi connectivity index (χ4v) is 1.74. The van der Waals surface area contributed by atoms with E-state index in [0.29, 0.717) is 17.2 Å². The van der Waals surface area contributed by atoms with Gasteiger partial charge in [0.05, 0.1) is 17.1 Å². The summed E-state index contributed by atoms with van der Waals surface area (Å²) in [6.07, 6.45) is 0. The standard InChI is InChI=1S/C10H12ClN5/c1-5-4-6(2)16(15-5)9-8(12)7(3)13-10(11)14-9/h4H,12H2,1-3H3. The molecule has 0 aromatic carbocycles. The van der Waals surface area contributed by atoms with Crippen LogP contribution in [0.5, 0.6) is 0 Å². The van der Waals surface area contributed by atoms with Crippen molar-refractivity contribution in [2.75, 3.05) is 5.73 Å². The Hall–Kier alpha value is -1.62. The molecule has 0 saturated heterocycles. The lowest BCUT2D eigenvalue weighted by Crippen LogP contribution is -2.09. The van der Waals surface area contributed by atoms with Crippen molar-refractivity contribution in [3.63, 3.8) is 0 Å². The highest BCUT2D eigenvalue weighted by Gasteiger charge is 2.12. The number of hydrogen-bond donors (Lipinski definition) is 1. The number of hydrogen-bond acceptors (Lipinski definition) is 4. The lowest BCUT2D eigenvalue weighted by atomic mass is 10.3. The van der Waals surface area contributed by atoms with Gasteiger partial charge in [-0.25, -0.2) is 9.67 Å². The van der Waals surface area contributed by atoms with E-state index in [4.69, 9.17) is 17.3 Å². The monoisotopic (exact) mass is 237 g/mol. The van der Waals surface area contributed by atoms with Crippen molar-refractivity contribution >= 4 is 17.3 Å². The first-order chi connectivity index (χ1) is 7.49. The van der Waals surface area contributed by atoms with E-state index in [-0.39, 0.29) is 5.28 Å². The van der Waals surface area contributed by atoms with Crippen molar-refractivity contribution in [1.29, 1.82) is 0 Å². The third kappa shape index (κ3) is 1.74. The normalized spacial score (nSPS) is 10.8. The summed E-state index contributed by atoms with van der Waals surface area (Å²) in [5.41, 5.74) is 8.93. The molecular weight excluding hydrogens is 226 g/mol. The molecule has 0 radical (unpaired) electrons. The first-order valence-electron chi connectivity index (χ1n) is 4.82. The molecule has 5 nitrogen and oxygen atoms in total. The molecule has 0 saturated carbocycles. The van der Waals surface area contributed by atoms with Crippen molar-refractivity contribution in [1.82, 2.24) is 19.7 Å². The molecule has 2 rings (SSSR count). The third-order valence-corrected chi connectivity index (χ3v) is 2.47. The number of nitrogens with two attached hydrogens (primary N) is 1. The second kappa shape index (κ2) is 3.75. The van der Waals surface area contributed by atoms with Gasteiger partial charge in [-0.05, 0) is 38.4 Å². The van der Waals surface area contributed by atoms with Crippen LogP contribution in [0, 0.1) is 20.8 Å². The third-order valence-electron chi connectivity index (χ3n) is 2.30. The van der Waals surface area contributed by atoms with Crippen molar-refractivity contribution < 1.29 is 0 Å². The van der Waals surface area contributed by atoms with Gasteiger partial charge in [-0.1, -0.05) is 0 Å². The number of halogens is 1. The highest BCUT2D eigenvalue weighted by atomic mass is 35.5. The predicted molar refractivity (Wildman–Crippen MR) is 62.8 cm³/mol. The van der Waals surface area contributed by atoms with Crippen molar-refractivity contribution in [2.24, 2.45) is 0 Å². The highest BCUT2D eigenvalue weighted by molar-refractivity contribution is 6.28. The molecule has 0 unspecified atom stereocenters. The fourth-order valence-electron chi connectivity index (χ4n) is 1.54. The maximum Gasteiger partial charge on any atom is 0.224 e. The molecule has 0 atom stereocenters. The average Bonchev–Trinajstić information content (AvgIpc) is 2.51. The summed E-state index contributed by atoms with van der Waals surface area (Å²) in [4.78, 5) is 8.09. The molecule has 0 fully saturated rings. The number of aryl methyl sites for hydroxylation is 3. The van der Waals surface area contributed by atoms with E-state index in [1.54, 1.807) is 11.6 Å². The Labute approximate surface area is 98.3 Å². The van der Waals surface area contributed by atoms with Gasteiger partial charge in [0.15, 0.2) is 5.82 Å². The Morgan fingerprint density at radius 3 is 2.50 bits per heavy atom. The zero-order chi connectivity index (χ0) is 11.9. The van der Waals surface area contributed by atoms with Crippen LogP contribution in [0.15, 0.2) is 6.07 Å². The summed E-state index contributed by atoms with van der Waals surface area (Å²) < 4.78 is 1.67. The van der Waals surface area contributed by atoms with E-state index < -0.39 is 0 Å². The Bertz CT molecular complexity index is 546. The number of nitrogens with zero attached hydrogens (tertiary/aromatic N) is 4. The van der Waals surface area contributed by atoms with Gasteiger partial charge in [-0.3, -0.25) is 0 Å². The number of aromatic nitrogens is 4. The summed E-state index contributed by atoms with van der Waals surface area (Å²) in [5, 5.41) is 4.49. The SMILES string of the molecule is Cc1cc(C)n(-c2nc(Cl)nc(C)c2N)n1. The van der Waals surface area contributed by atoms with Crippen LogP contribution in [-0.4, -0.2) is 19.7 Å². The lowest BCUT2D eigenvalue weighted by molar-refractivity contribution is 0.801. The summed E-state index contributed by atoms with van der Waals surface area (Å²) in [7, 11) is 0. The van der Waals surface area contributed by atoms with Crippen molar-refractivity contribution in [3.05, 3.63) is 28.4 Å². The molecule has 0 bridgehead atoms. The quantitative estimate of drug-likeness (QED) is 0.769. The highest BCUT2D eigenvalue weighted by Crippen LogP contribution is 2.20. The summed E-state index contributed by atoms with van der Waals surface area (Å²) in [6.45, 7) is 5.64. The molecular formula is C10H12ClN5. The second-order valence-corrected chi connectivity index (χ2v) is 3.99. The molecule has 2 heterocycles. The maximum absolute atomic E-state index is 5.92. The van der Waals surface area contributed by atoms with Crippen LogP contribution >= 0.6 is 11.6 Å². The van der Waals surface area contributed by atoms with E-state index in [1.165, 1.54) is 0 Å². The van der Waals surface area contributed by atoms with Gasteiger partial charge in [-0.15, -0.1) is 0 Å². The van der Waals surface area contributed by atoms with Gasteiger partial charge >= 0.3 is 0 Å². The predicted octanol–water partition coefficient (Wildman–Crippen LogP) is 1.82. The molecule has 16 heavy (non-hydrogen) atoms. The minimum Gasteiger partial charge on any atom is -0.394 e. The van der Waals surface area contributed by atoms with Gasteiger partial charge < -0.3 is 5.73 Å². The van der Waals surface area contributed by atoms with E-state index in [0.717, 1.165) is 11.4 Å². The van der Waals surface area contributed by atoms with Gasteiger partial charge in [0.1, 0.15) is 0 Å². The van der Waals surface area contributed by atoms with Crippen LogP contribution in [0.3, 0.4) is 0 Å². The van der Waals surface area contributed by atoms with Gasteiger partial charge in [-0.2, -0.15) is 10.1 Å². The minimum atomic E-state index is 0.175. The Morgan fingerprint density at radius 2 is 1.94 bits per heavy atom. The van der Waals surface area contributed by atoms with Gasteiger partial charge in [0, 0.05) is 5.69 Å². The van der Waals surface area contributed by atoms with Crippen LogP contribution < -0.4 is 5.73 Å². The molecule has 2 aromatic heterocycles. The molecule has 0 amide bonds. The Morgan fingerprint density at radius 1 is 1.25 bits per heavy atom.